The van der Waals surface area contributed by atoms with Gasteiger partial charge < -0.3 is 4.57 Å². The molecule has 4 rings (SSSR count). The number of halogens is 2. The lowest BCUT2D eigenvalue weighted by Crippen LogP contribution is -2.25. The topological polar surface area (TPSA) is 51.1 Å². The van der Waals surface area contributed by atoms with Crippen molar-refractivity contribution >= 4 is 33.8 Å². The fraction of sp³-hybridized carbons (Fsp3) is 0.158. The highest BCUT2D eigenvalue weighted by Crippen LogP contribution is 2.28. The van der Waals surface area contributed by atoms with Crippen molar-refractivity contribution < 1.29 is 18.4 Å². The Morgan fingerprint density at radius 1 is 1.08 bits per heavy atom. The molecule has 0 radical (unpaired) electrons. The number of nitrogens with one attached hydrogen (secondary N) is 1. The van der Waals surface area contributed by atoms with Gasteiger partial charge in [0.25, 0.3) is 5.24 Å². The molecule has 4 nitrogen and oxygen atoms in total. The first-order valence-corrected chi connectivity index (χ1v) is 8.91. The van der Waals surface area contributed by atoms with Crippen LogP contribution in [0.25, 0.3) is 10.9 Å². The molecular weight excluding hydrogens is 358 g/mol. The third-order valence-electron chi connectivity index (χ3n) is 4.43. The average Bonchev–Trinajstić information content (AvgIpc) is 3.14. The van der Waals surface area contributed by atoms with E-state index in [1.165, 1.54) is 12.1 Å². The molecule has 0 saturated carbocycles. The SMILES string of the molecule is O=C1NC(=O)C(Cc2cccc3c2ccn3Cc2ccc(F)cc2F)S1. The molecule has 1 unspecified atom stereocenters. The molecule has 0 aliphatic carbocycles. The Hall–Kier alpha value is -2.67. The Balaban J connectivity index is 1.64. The number of carbonyl (C=O) groups excluding carboxylic acids is 2. The molecule has 26 heavy (non-hydrogen) atoms. The number of nitrogens with zero attached hydrogens (tertiary/aromatic N) is 1. The van der Waals surface area contributed by atoms with Crippen molar-refractivity contribution in [3.05, 3.63) is 71.4 Å². The van der Waals surface area contributed by atoms with Crippen molar-refractivity contribution in [3.63, 3.8) is 0 Å². The van der Waals surface area contributed by atoms with Gasteiger partial charge in [-0.05, 0) is 30.2 Å². The van der Waals surface area contributed by atoms with E-state index in [0.717, 1.165) is 34.3 Å². The Labute approximate surface area is 152 Å². The summed E-state index contributed by atoms with van der Waals surface area (Å²) in [5, 5.41) is 2.48. The van der Waals surface area contributed by atoms with Gasteiger partial charge in [-0.3, -0.25) is 14.9 Å². The highest BCUT2D eigenvalue weighted by molar-refractivity contribution is 8.15. The fourth-order valence-electron chi connectivity index (χ4n) is 3.16. The van der Waals surface area contributed by atoms with Gasteiger partial charge >= 0.3 is 0 Å². The van der Waals surface area contributed by atoms with E-state index in [0.29, 0.717) is 12.0 Å². The van der Waals surface area contributed by atoms with Gasteiger partial charge in [0.15, 0.2) is 0 Å². The molecule has 1 aromatic heterocycles. The minimum absolute atomic E-state index is 0.273. The standard InChI is InChI=1S/C19H14F2N2O2S/c20-13-5-4-12(15(21)9-13)10-23-7-6-14-11(2-1-3-16(14)23)8-17-18(24)22-19(25)26-17/h1-7,9,17H,8,10H2,(H,22,24,25). The molecule has 1 fully saturated rings. The number of rotatable bonds is 4. The van der Waals surface area contributed by atoms with Crippen LogP contribution in [-0.2, 0) is 17.8 Å². The number of carbonyl (C=O) groups is 2. The Morgan fingerprint density at radius 2 is 1.92 bits per heavy atom. The van der Waals surface area contributed by atoms with Gasteiger partial charge in [-0.25, -0.2) is 8.78 Å². The first-order chi connectivity index (χ1) is 12.5. The minimum Gasteiger partial charge on any atom is -0.343 e. The summed E-state index contributed by atoms with van der Waals surface area (Å²) in [5.41, 5.74) is 2.23. The summed E-state index contributed by atoms with van der Waals surface area (Å²) in [6.45, 7) is 0.274. The van der Waals surface area contributed by atoms with Gasteiger partial charge in [0, 0.05) is 28.7 Å². The molecule has 1 saturated heterocycles. The summed E-state index contributed by atoms with van der Waals surface area (Å²) >= 11 is 0.998. The summed E-state index contributed by atoms with van der Waals surface area (Å²) in [5.74, 6) is -1.46. The monoisotopic (exact) mass is 372 g/mol. The molecule has 3 aromatic rings. The van der Waals surface area contributed by atoms with Crippen molar-refractivity contribution in [2.75, 3.05) is 0 Å². The zero-order valence-electron chi connectivity index (χ0n) is 13.5. The van der Waals surface area contributed by atoms with Gasteiger partial charge in [-0.15, -0.1) is 0 Å². The van der Waals surface area contributed by atoms with Gasteiger partial charge in [0.05, 0.1) is 11.8 Å². The van der Waals surface area contributed by atoms with E-state index in [9.17, 15) is 18.4 Å². The van der Waals surface area contributed by atoms with Crippen LogP contribution in [0.1, 0.15) is 11.1 Å². The predicted octanol–water partition coefficient (Wildman–Crippen LogP) is 3.86. The van der Waals surface area contributed by atoms with Gasteiger partial charge in [-0.2, -0.15) is 0 Å². The van der Waals surface area contributed by atoms with E-state index < -0.39 is 16.9 Å². The van der Waals surface area contributed by atoms with E-state index in [2.05, 4.69) is 5.32 Å². The molecule has 1 aliphatic rings. The van der Waals surface area contributed by atoms with Crippen LogP contribution in [0, 0.1) is 11.6 Å². The Bertz CT molecular complexity index is 1030. The summed E-state index contributed by atoms with van der Waals surface area (Å²) in [7, 11) is 0. The first kappa shape index (κ1) is 16.8. The molecule has 1 N–H and O–H groups in total. The molecule has 0 spiro atoms. The molecule has 2 heterocycles. The maximum absolute atomic E-state index is 13.9. The summed E-state index contributed by atoms with van der Waals surface area (Å²) in [6.07, 6.45) is 2.28. The minimum atomic E-state index is -0.604. The Morgan fingerprint density at radius 3 is 2.65 bits per heavy atom. The molecule has 2 amide bonds. The lowest BCUT2D eigenvalue weighted by atomic mass is 10.0. The van der Waals surface area contributed by atoms with E-state index >= 15 is 0 Å². The van der Waals surface area contributed by atoms with Gasteiger partial charge in [-0.1, -0.05) is 30.0 Å². The van der Waals surface area contributed by atoms with Crippen molar-refractivity contribution in [2.24, 2.45) is 0 Å². The molecule has 1 atom stereocenters. The zero-order valence-corrected chi connectivity index (χ0v) is 14.4. The number of hydrogen-bond acceptors (Lipinski definition) is 3. The quantitative estimate of drug-likeness (QED) is 0.757. The van der Waals surface area contributed by atoms with Crippen LogP contribution < -0.4 is 5.32 Å². The highest BCUT2D eigenvalue weighted by atomic mass is 32.2. The number of aromatic nitrogens is 1. The molecule has 7 heteroatoms. The van der Waals surface area contributed by atoms with E-state index in [1.54, 1.807) is 0 Å². The molecule has 1 aliphatic heterocycles. The zero-order chi connectivity index (χ0) is 18.3. The number of thioether (sulfide) groups is 1. The molecule has 2 aromatic carbocycles. The van der Waals surface area contributed by atoms with E-state index in [4.69, 9.17) is 0 Å². The lowest BCUT2D eigenvalue weighted by molar-refractivity contribution is -0.118. The second kappa shape index (κ2) is 6.57. The maximum Gasteiger partial charge on any atom is 0.286 e. The maximum atomic E-state index is 13.9. The fourth-order valence-corrected chi connectivity index (χ4v) is 4.01. The van der Waals surface area contributed by atoms with Gasteiger partial charge in [0.1, 0.15) is 11.6 Å². The number of amides is 2. The van der Waals surface area contributed by atoms with E-state index in [-0.39, 0.29) is 17.7 Å². The summed E-state index contributed by atoms with van der Waals surface area (Å²) in [4.78, 5) is 23.2. The number of fused-ring (bicyclic) bond motifs is 1. The summed E-state index contributed by atoms with van der Waals surface area (Å²) < 4.78 is 28.9. The number of hydrogen-bond donors (Lipinski definition) is 1. The van der Waals surface area contributed by atoms with Crippen molar-refractivity contribution in [1.29, 1.82) is 0 Å². The third kappa shape index (κ3) is 3.10. The van der Waals surface area contributed by atoms with Crippen LogP contribution in [0.4, 0.5) is 13.6 Å². The number of benzene rings is 2. The van der Waals surface area contributed by atoms with Crippen LogP contribution >= 0.6 is 11.8 Å². The van der Waals surface area contributed by atoms with Crippen LogP contribution in [0.3, 0.4) is 0 Å². The van der Waals surface area contributed by atoms with Crippen LogP contribution in [-0.4, -0.2) is 21.0 Å². The smallest absolute Gasteiger partial charge is 0.286 e. The molecule has 132 valence electrons. The average molecular weight is 372 g/mol. The van der Waals surface area contributed by atoms with E-state index in [1.807, 2.05) is 35.0 Å². The largest absolute Gasteiger partial charge is 0.343 e. The lowest BCUT2D eigenvalue weighted by Gasteiger charge is -2.10. The van der Waals surface area contributed by atoms with Crippen molar-refractivity contribution in [2.45, 2.75) is 18.2 Å². The van der Waals surface area contributed by atoms with Gasteiger partial charge in [0.2, 0.25) is 5.91 Å². The molecule has 0 bridgehead atoms. The second-order valence-electron chi connectivity index (χ2n) is 6.12. The normalized spacial score (nSPS) is 17.1. The first-order valence-electron chi connectivity index (χ1n) is 8.03. The van der Waals surface area contributed by atoms with Crippen LogP contribution in [0.2, 0.25) is 0 Å². The highest BCUT2D eigenvalue weighted by Gasteiger charge is 2.31. The second-order valence-corrected chi connectivity index (χ2v) is 7.29. The van der Waals surface area contributed by atoms with Crippen molar-refractivity contribution in [3.8, 4) is 0 Å². The van der Waals surface area contributed by atoms with Crippen LogP contribution in [0.15, 0.2) is 48.7 Å². The third-order valence-corrected chi connectivity index (χ3v) is 5.41. The predicted molar refractivity (Wildman–Crippen MR) is 96.0 cm³/mol. The van der Waals surface area contributed by atoms with Crippen LogP contribution in [0.5, 0.6) is 0 Å². The number of imide groups is 1. The van der Waals surface area contributed by atoms with Crippen molar-refractivity contribution in [1.82, 2.24) is 9.88 Å². The summed E-state index contributed by atoms with van der Waals surface area (Å²) in [6, 6.07) is 11.2. The molecular formula is C19H14F2N2O2S. The Kier molecular flexibility index (Phi) is 4.24.